The van der Waals surface area contributed by atoms with Gasteiger partial charge in [0.1, 0.15) is 0 Å². The van der Waals surface area contributed by atoms with Crippen LogP contribution in [0.2, 0.25) is 0 Å². The molecular formula is C42H42N6. The molecule has 0 spiro atoms. The quantitative estimate of drug-likeness (QED) is 0.182. The molecule has 6 heterocycles. The molecule has 0 atom stereocenters. The van der Waals surface area contributed by atoms with Crippen molar-refractivity contribution in [3.63, 3.8) is 0 Å². The molecule has 240 valence electrons. The van der Waals surface area contributed by atoms with Crippen LogP contribution in [0.3, 0.4) is 0 Å². The van der Waals surface area contributed by atoms with E-state index in [1.807, 2.05) is 73.6 Å². The Morgan fingerprint density at radius 3 is 0.542 bits per heavy atom. The summed E-state index contributed by atoms with van der Waals surface area (Å²) >= 11 is 0. The Kier molecular flexibility index (Phi) is 10.3. The summed E-state index contributed by atoms with van der Waals surface area (Å²) in [5.74, 6) is 1.28. The highest BCUT2D eigenvalue weighted by molar-refractivity contribution is 5.23. The molecule has 6 heteroatoms. The predicted octanol–water partition coefficient (Wildman–Crippen LogP) is 9.41. The van der Waals surface area contributed by atoms with E-state index >= 15 is 0 Å². The third kappa shape index (κ3) is 7.88. The van der Waals surface area contributed by atoms with E-state index in [0.29, 0.717) is 0 Å². The van der Waals surface area contributed by atoms with Crippen LogP contribution in [0.1, 0.15) is 108 Å². The van der Waals surface area contributed by atoms with Gasteiger partial charge in [-0.1, -0.05) is 36.4 Å². The normalized spacial score (nSPS) is 23.8. The first kappa shape index (κ1) is 31.5. The lowest BCUT2D eigenvalue weighted by Crippen LogP contribution is -2.21. The molecule has 6 aromatic heterocycles. The van der Waals surface area contributed by atoms with Crippen LogP contribution in [0.4, 0.5) is 0 Å². The van der Waals surface area contributed by atoms with Crippen LogP contribution in [0, 0.1) is 0 Å². The second-order valence-corrected chi connectivity index (χ2v) is 13.1. The van der Waals surface area contributed by atoms with E-state index < -0.39 is 0 Å². The summed E-state index contributed by atoms with van der Waals surface area (Å²) in [4.78, 5) is 29.8. The lowest BCUT2D eigenvalue weighted by atomic mass is 9.71. The Hall–Kier alpha value is -5.10. The van der Waals surface area contributed by atoms with E-state index in [-0.39, 0.29) is 35.5 Å². The van der Waals surface area contributed by atoms with Gasteiger partial charge in [-0.2, -0.15) is 0 Å². The highest BCUT2D eigenvalue weighted by Crippen LogP contribution is 2.47. The molecule has 0 unspecified atom stereocenters. The van der Waals surface area contributed by atoms with Gasteiger partial charge in [-0.15, -0.1) is 0 Å². The molecule has 6 aromatic rings. The van der Waals surface area contributed by atoms with E-state index in [1.54, 1.807) is 0 Å². The molecule has 1 aliphatic rings. The maximum atomic E-state index is 4.96. The van der Waals surface area contributed by atoms with Crippen LogP contribution in [-0.2, 0) is 0 Å². The molecule has 0 aromatic carbocycles. The number of nitrogens with zero attached hydrogens (tertiary/aromatic N) is 6. The highest BCUT2D eigenvalue weighted by Gasteiger charge is 2.34. The minimum atomic E-state index is 0.213. The van der Waals surface area contributed by atoms with Crippen molar-refractivity contribution < 1.29 is 0 Å². The van der Waals surface area contributed by atoms with Crippen molar-refractivity contribution in [3.8, 4) is 0 Å². The SMILES string of the molecule is c1ccc(C2CC(c3ccccn3)CC(c3ccccn3)CC(c3ccccn3)CC(c3ccccn3)CC(c3ccccn3)C2)nc1. The number of pyridine rings is 6. The fourth-order valence-electron chi connectivity index (χ4n) is 7.79. The van der Waals surface area contributed by atoms with Crippen LogP contribution in [0.25, 0.3) is 0 Å². The third-order valence-corrected chi connectivity index (χ3v) is 10.1. The summed E-state index contributed by atoms with van der Waals surface area (Å²) in [6.45, 7) is 0. The number of hydrogen-bond acceptors (Lipinski definition) is 6. The summed E-state index contributed by atoms with van der Waals surface area (Å²) in [6.07, 6.45) is 17.2. The Bertz CT molecular complexity index is 1430. The van der Waals surface area contributed by atoms with Crippen molar-refractivity contribution in [1.82, 2.24) is 29.9 Å². The fraction of sp³-hybridized carbons (Fsp3) is 0.286. The van der Waals surface area contributed by atoms with Gasteiger partial charge in [0.2, 0.25) is 0 Å². The van der Waals surface area contributed by atoms with Crippen LogP contribution in [-0.4, -0.2) is 29.9 Å². The van der Waals surface area contributed by atoms with Gasteiger partial charge in [0, 0.05) is 107 Å². The Morgan fingerprint density at radius 2 is 0.417 bits per heavy atom. The first-order valence-electron chi connectivity index (χ1n) is 17.3. The van der Waals surface area contributed by atoms with Gasteiger partial charge in [0.25, 0.3) is 0 Å². The van der Waals surface area contributed by atoms with Gasteiger partial charge in [0.15, 0.2) is 0 Å². The van der Waals surface area contributed by atoms with Crippen molar-refractivity contribution in [1.29, 1.82) is 0 Å². The van der Waals surface area contributed by atoms with Crippen molar-refractivity contribution in [2.24, 2.45) is 0 Å². The number of aromatic nitrogens is 6. The Labute approximate surface area is 283 Å². The number of rotatable bonds is 6. The third-order valence-electron chi connectivity index (χ3n) is 10.1. The first-order chi connectivity index (χ1) is 23.8. The van der Waals surface area contributed by atoms with Crippen molar-refractivity contribution in [3.05, 3.63) is 181 Å². The molecule has 7 rings (SSSR count). The molecular weight excluding hydrogens is 589 g/mol. The van der Waals surface area contributed by atoms with E-state index in [2.05, 4.69) is 72.8 Å². The molecule has 0 bridgehead atoms. The average Bonchev–Trinajstić information content (AvgIpc) is 3.17. The van der Waals surface area contributed by atoms with Gasteiger partial charge in [-0.25, -0.2) is 0 Å². The smallest absolute Gasteiger partial charge is 0.0434 e. The maximum absolute atomic E-state index is 4.96. The zero-order valence-electron chi connectivity index (χ0n) is 27.2. The standard InChI is InChI=1S/C42H42N6/c1-7-19-43-37(13-1)31-25-32(38-14-2-8-20-44-38)27-34(40-16-4-10-22-46-40)29-36(42-18-6-12-24-48-42)30-35(41-17-5-11-23-47-41)28-33(26-31)39-15-3-9-21-45-39/h1-24,31-36H,25-30H2. The molecule has 0 N–H and O–H groups in total. The lowest BCUT2D eigenvalue weighted by molar-refractivity contribution is 0.339. The van der Waals surface area contributed by atoms with Gasteiger partial charge in [-0.05, 0) is 111 Å². The second-order valence-electron chi connectivity index (χ2n) is 13.1. The van der Waals surface area contributed by atoms with Gasteiger partial charge >= 0.3 is 0 Å². The van der Waals surface area contributed by atoms with E-state index in [0.717, 1.165) is 72.7 Å². The molecule has 1 aliphatic carbocycles. The Balaban J connectivity index is 1.38. The minimum absolute atomic E-state index is 0.213. The molecule has 0 aliphatic heterocycles. The van der Waals surface area contributed by atoms with E-state index in [9.17, 15) is 0 Å². The fourth-order valence-corrected chi connectivity index (χ4v) is 7.79. The Morgan fingerprint density at radius 1 is 0.250 bits per heavy atom. The highest BCUT2D eigenvalue weighted by atomic mass is 14.7. The maximum Gasteiger partial charge on any atom is 0.0434 e. The second kappa shape index (κ2) is 15.7. The minimum Gasteiger partial charge on any atom is -0.261 e. The molecule has 0 saturated heterocycles. The lowest BCUT2D eigenvalue weighted by Gasteiger charge is -2.34. The van der Waals surface area contributed by atoms with Crippen LogP contribution in [0.5, 0.6) is 0 Å². The zero-order valence-corrected chi connectivity index (χ0v) is 27.2. The molecule has 1 fully saturated rings. The van der Waals surface area contributed by atoms with E-state index in [1.165, 1.54) is 0 Å². The topological polar surface area (TPSA) is 77.3 Å². The monoisotopic (exact) mass is 630 g/mol. The summed E-state index contributed by atoms with van der Waals surface area (Å²) in [5.41, 5.74) is 6.79. The molecule has 6 nitrogen and oxygen atoms in total. The number of hydrogen-bond donors (Lipinski definition) is 0. The molecule has 0 amide bonds. The molecule has 1 saturated carbocycles. The van der Waals surface area contributed by atoms with Crippen molar-refractivity contribution in [2.45, 2.75) is 74.0 Å². The largest absolute Gasteiger partial charge is 0.261 e. The van der Waals surface area contributed by atoms with Crippen LogP contribution < -0.4 is 0 Å². The summed E-state index contributed by atoms with van der Waals surface area (Å²) in [6, 6.07) is 38.0. The first-order valence-corrected chi connectivity index (χ1v) is 17.3. The summed E-state index contributed by atoms with van der Waals surface area (Å²) in [7, 11) is 0. The zero-order chi connectivity index (χ0) is 32.4. The van der Waals surface area contributed by atoms with Crippen LogP contribution >= 0.6 is 0 Å². The van der Waals surface area contributed by atoms with Gasteiger partial charge in [-0.3, -0.25) is 29.9 Å². The molecule has 0 radical (unpaired) electrons. The summed E-state index contributed by atoms with van der Waals surface area (Å²) < 4.78 is 0. The molecule has 48 heavy (non-hydrogen) atoms. The van der Waals surface area contributed by atoms with Crippen molar-refractivity contribution in [2.75, 3.05) is 0 Å². The van der Waals surface area contributed by atoms with E-state index in [4.69, 9.17) is 29.9 Å². The predicted molar refractivity (Wildman–Crippen MR) is 190 cm³/mol. The summed E-state index contributed by atoms with van der Waals surface area (Å²) in [5, 5.41) is 0. The van der Waals surface area contributed by atoms with Crippen LogP contribution in [0.15, 0.2) is 146 Å². The van der Waals surface area contributed by atoms with Gasteiger partial charge in [0.05, 0.1) is 0 Å². The van der Waals surface area contributed by atoms with Crippen molar-refractivity contribution >= 4 is 0 Å². The van der Waals surface area contributed by atoms with Gasteiger partial charge < -0.3 is 0 Å². The average molecular weight is 631 g/mol.